The first-order valence-corrected chi connectivity index (χ1v) is 8.10. The SMILES string of the molecule is Cc1coc(CC(=O)O)c1C(=O)NC(C)Cc1ccc(F)c(Br)c1. The van der Waals surface area contributed by atoms with Crippen LogP contribution in [-0.2, 0) is 17.6 Å². The molecule has 24 heavy (non-hydrogen) atoms. The summed E-state index contributed by atoms with van der Waals surface area (Å²) in [5.41, 5.74) is 1.70. The van der Waals surface area contributed by atoms with E-state index >= 15 is 0 Å². The third-order valence-electron chi connectivity index (χ3n) is 3.49. The van der Waals surface area contributed by atoms with E-state index < -0.39 is 5.97 Å². The van der Waals surface area contributed by atoms with Crippen molar-refractivity contribution in [1.29, 1.82) is 0 Å². The van der Waals surface area contributed by atoms with Crippen molar-refractivity contribution < 1.29 is 23.5 Å². The van der Waals surface area contributed by atoms with Gasteiger partial charge in [-0.2, -0.15) is 0 Å². The maximum absolute atomic E-state index is 13.3. The van der Waals surface area contributed by atoms with Crippen molar-refractivity contribution in [2.75, 3.05) is 0 Å². The molecule has 0 bridgehead atoms. The highest BCUT2D eigenvalue weighted by molar-refractivity contribution is 9.10. The summed E-state index contributed by atoms with van der Waals surface area (Å²) < 4.78 is 18.8. The first-order valence-electron chi connectivity index (χ1n) is 7.31. The van der Waals surface area contributed by atoms with Crippen LogP contribution >= 0.6 is 15.9 Å². The number of rotatable bonds is 6. The minimum Gasteiger partial charge on any atom is -0.481 e. The molecule has 5 nitrogen and oxygen atoms in total. The van der Waals surface area contributed by atoms with E-state index in [1.165, 1.54) is 12.3 Å². The van der Waals surface area contributed by atoms with E-state index in [2.05, 4.69) is 21.2 Å². The van der Waals surface area contributed by atoms with Crippen LogP contribution < -0.4 is 5.32 Å². The van der Waals surface area contributed by atoms with E-state index in [0.29, 0.717) is 16.5 Å². The van der Waals surface area contributed by atoms with Crippen LogP contribution in [0.5, 0.6) is 0 Å². The Morgan fingerprint density at radius 2 is 2.12 bits per heavy atom. The number of amides is 1. The largest absolute Gasteiger partial charge is 0.481 e. The predicted molar refractivity (Wildman–Crippen MR) is 89.5 cm³/mol. The minimum atomic E-state index is -1.07. The lowest BCUT2D eigenvalue weighted by molar-refractivity contribution is -0.136. The van der Waals surface area contributed by atoms with Crippen molar-refractivity contribution in [3.63, 3.8) is 0 Å². The summed E-state index contributed by atoms with van der Waals surface area (Å²) in [7, 11) is 0. The highest BCUT2D eigenvalue weighted by Crippen LogP contribution is 2.19. The molecule has 2 rings (SSSR count). The molecular formula is C17H17BrFNO4. The van der Waals surface area contributed by atoms with Gasteiger partial charge in [0.05, 0.1) is 16.3 Å². The maximum atomic E-state index is 13.3. The Bertz CT molecular complexity index is 772. The number of benzene rings is 1. The molecule has 1 atom stereocenters. The van der Waals surface area contributed by atoms with Crippen LogP contribution in [0.25, 0.3) is 0 Å². The molecule has 0 radical (unpaired) electrons. The predicted octanol–water partition coefficient (Wildman–Crippen LogP) is 3.48. The van der Waals surface area contributed by atoms with Crippen molar-refractivity contribution >= 4 is 27.8 Å². The van der Waals surface area contributed by atoms with Crippen LogP contribution in [0.3, 0.4) is 0 Å². The van der Waals surface area contributed by atoms with Gasteiger partial charge in [0.2, 0.25) is 0 Å². The van der Waals surface area contributed by atoms with Gasteiger partial charge >= 0.3 is 5.97 Å². The number of furan rings is 1. The molecule has 0 saturated carbocycles. The molecule has 1 aromatic carbocycles. The van der Waals surface area contributed by atoms with Crippen LogP contribution in [0, 0.1) is 12.7 Å². The standard InChI is InChI=1S/C17H17BrFNO4/c1-9-8-24-14(7-15(21)22)16(9)17(23)20-10(2)5-11-3-4-13(19)12(18)6-11/h3-4,6,8,10H,5,7H2,1-2H3,(H,20,23)(H,21,22). The quantitative estimate of drug-likeness (QED) is 0.781. The Morgan fingerprint density at radius 1 is 1.42 bits per heavy atom. The summed E-state index contributed by atoms with van der Waals surface area (Å²) in [6, 6.07) is 4.46. The lowest BCUT2D eigenvalue weighted by atomic mass is 10.1. The molecule has 0 spiro atoms. The third kappa shape index (κ3) is 4.44. The molecule has 7 heteroatoms. The van der Waals surface area contributed by atoms with Crippen LogP contribution in [-0.4, -0.2) is 23.0 Å². The normalized spacial score (nSPS) is 12.0. The molecule has 1 amide bonds. The van der Waals surface area contributed by atoms with Gasteiger partial charge in [-0.3, -0.25) is 9.59 Å². The molecular weight excluding hydrogens is 381 g/mol. The molecule has 0 fully saturated rings. The third-order valence-corrected chi connectivity index (χ3v) is 4.10. The zero-order valence-corrected chi connectivity index (χ0v) is 14.8. The minimum absolute atomic E-state index is 0.134. The molecule has 2 aromatic rings. The van der Waals surface area contributed by atoms with Crippen molar-refractivity contribution in [2.24, 2.45) is 0 Å². The molecule has 0 aliphatic carbocycles. The van der Waals surface area contributed by atoms with Gasteiger partial charge in [0, 0.05) is 11.6 Å². The Balaban J connectivity index is 2.07. The van der Waals surface area contributed by atoms with Crippen molar-refractivity contribution in [2.45, 2.75) is 32.7 Å². The van der Waals surface area contributed by atoms with E-state index in [0.717, 1.165) is 5.56 Å². The average molecular weight is 398 g/mol. The fraction of sp³-hybridized carbons (Fsp3) is 0.294. The fourth-order valence-electron chi connectivity index (χ4n) is 2.44. The first-order chi connectivity index (χ1) is 11.3. The zero-order valence-electron chi connectivity index (χ0n) is 13.2. The van der Waals surface area contributed by atoms with E-state index in [1.807, 2.05) is 6.92 Å². The van der Waals surface area contributed by atoms with Crippen LogP contribution in [0.2, 0.25) is 0 Å². The first kappa shape index (κ1) is 18.2. The molecule has 2 N–H and O–H groups in total. The van der Waals surface area contributed by atoms with Gasteiger partial charge in [0.1, 0.15) is 18.0 Å². The highest BCUT2D eigenvalue weighted by atomic mass is 79.9. The summed E-state index contributed by atoms with van der Waals surface area (Å²) in [6.45, 7) is 3.51. The number of carboxylic acids is 1. The van der Waals surface area contributed by atoms with Crippen molar-refractivity contribution in [3.8, 4) is 0 Å². The van der Waals surface area contributed by atoms with Gasteiger partial charge in [0.15, 0.2) is 0 Å². The topological polar surface area (TPSA) is 79.5 Å². The van der Waals surface area contributed by atoms with Crippen LogP contribution in [0.15, 0.2) is 33.4 Å². The number of carboxylic acid groups (broad SMARTS) is 1. The Labute approximate surface area is 147 Å². The average Bonchev–Trinajstić information content (AvgIpc) is 2.82. The van der Waals surface area contributed by atoms with Crippen molar-refractivity contribution in [3.05, 3.63) is 57.2 Å². The molecule has 0 aliphatic heterocycles. The van der Waals surface area contributed by atoms with E-state index in [1.54, 1.807) is 19.1 Å². The van der Waals surface area contributed by atoms with E-state index in [4.69, 9.17) is 9.52 Å². The number of hydrogen-bond acceptors (Lipinski definition) is 3. The Morgan fingerprint density at radius 3 is 2.75 bits per heavy atom. The van der Waals surface area contributed by atoms with E-state index in [9.17, 15) is 14.0 Å². The summed E-state index contributed by atoms with van der Waals surface area (Å²) in [4.78, 5) is 23.3. The van der Waals surface area contributed by atoms with Gasteiger partial charge < -0.3 is 14.8 Å². The second-order valence-corrected chi connectivity index (χ2v) is 6.47. The van der Waals surface area contributed by atoms with Gasteiger partial charge in [-0.25, -0.2) is 4.39 Å². The summed E-state index contributed by atoms with van der Waals surface area (Å²) in [6.07, 6.45) is 1.53. The monoisotopic (exact) mass is 397 g/mol. The molecule has 1 heterocycles. The van der Waals surface area contributed by atoms with Gasteiger partial charge in [-0.05, 0) is 53.9 Å². The molecule has 1 aromatic heterocycles. The smallest absolute Gasteiger partial charge is 0.311 e. The molecule has 0 saturated heterocycles. The second-order valence-electron chi connectivity index (χ2n) is 5.61. The number of aliphatic carboxylic acids is 1. The number of nitrogens with one attached hydrogen (secondary N) is 1. The lowest BCUT2D eigenvalue weighted by Crippen LogP contribution is -2.34. The lowest BCUT2D eigenvalue weighted by Gasteiger charge is -2.14. The van der Waals surface area contributed by atoms with Gasteiger partial charge in [-0.15, -0.1) is 0 Å². The maximum Gasteiger partial charge on any atom is 0.311 e. The van der Waals surface area contributed by atoms with Crippen LogP contribution in [0.4, 0.5) is 4.39 Å². The number of carbonyl (C=O) groups excluding carboxylic acids is 1. The van der Waals surface area contributed by atoms with Gasteiger partial charge in [0.25, 0.3) is 5.91 Å². The number of aryl methyl sites for hydroxylation is 1. The Kier molecular flexibility index (Phi) is 5.77. The van der Waals surface area contributed by atoms with Crippen molar-refractivity contribution in [1.82, 2.24) is 5.32 Å². The highest BCUT2D eigenvalue weighted by Gasteiger charge is 2.21. The number of halogens is 2. The summed E-state index contributed by atoms with van der Waals surface area (Å²) in [5.74, 6) is -1.66. The summed E-state index contributed by atoms with van der Waals surface area (Å²) >= 11 is 3.13. The van der Waals surface area contributed by atoms with E-state index in [-0.39, 0.29) is 35.5 Å². The summed E-state index contributed by atoms with van der Waals surface area (Å²) in [5, 5.41) is 11.7. The van der Waals surface area contributed by atoms with Crippen LogP contribution in [0.1, 0.15) is 34.2 Å². The van der Waals surface area contributed by atoms with Gasteiger partial charge in [-0.1, -0.05) is 6.07 Å². The zero-order chi connectivity index (χ0) is 17.9. The molecule has 1 unspecified atom stereocenters. The Hall–Kier alpha value is -2.15. The number of hydrogen-bond donors (Lipinski definition) is 2. The second kappa shape index (κ2) is 7.61. The molecule has 128 valence electrons. The molecule has 0 aliphatic rings. The fourth-order valence-corrected chi connectivity index (χ4v) is 2.86. The number of carbonyl (C=O) groups is 2.